The molecule has 1 N–H and O–H groups in total. The number of thioether (sulfide) groups is 1. The van der Waals surface area contributed by atoms with Crippen molar-refractivity contribution in [2.45, 2.75) is 32.2 Å². The molecule has 0 saturated heterocycles. The Morgan fingerprint density at radius 3 is 2.20 bits per heavy atom. The zero-order chi connectivity index (χ0) is 22.3. The molecular weight excluding hydrogens is 470 g/mol. The fourth-order valence-corrected chi connectivity index (χ4v) is 4.52. The lowest BCUT2D eigenvalue weighted by atomic mass is 10.1. The lowest BCUT2D eigenvalue weighted by molar-refractivity contribution is -0.138. The van der Waals surface area contributed by atoms with Crippen molar-refractivity contribution in [1.82, 2.24) is 10.2 Å². The van der Waals surface area contributed by atoms with Crippen LogP contribution in [-0.4, -0.2) is 35.1 Å². The number of benzene rings is 2. The monoisotopic (exact) mass is 490 g/mol. The van der Waals surface area contributed by atoms with E-state index in [1.54, 1.807) is 38.1 Å². The molecule has 4 nitrogen and oxygen atoms in total. The highest BCUT2D eigenvalue weighted by Gasteiger charge is 2.27. The van der Waals surface area contributed by atoms with Crippen LogP contribution in [0.2, 0.25) is 15.1 Å². The van der Waals surface area contributed by atoms with Crippen molar-refractivity contribution in [3.63, 3.8) is 0 Å². The van der Waals surface area contributed by atoms with Crippen molar-refractivity contribution in [2.24, 2.45) is 0 Å². The molecule has 0 bridgehead atoms. The summed E-state index contributed by atoms with van der Waals surface area (Å²) in [6.07, 6.45) is 0. The van der Waals surface area contributed by atoms with E-state index in [9.17, 15) is 14.0 Å². The third-order valence-electron chi connectivity index (χ3n) is 4.44. The van der Waals surface area contributed by atoms with Crippen LogP contribution < -0.4 is 5.32 Å². The Morgan fingerprint density at radius 1 is 1.07 bits per heavy atom. The third-order valence-corrected chi connectivity index (χ3v) is 6.45. The normalized spacial score (nSPS) is 11.8. The van der Waals surface area contributed by atoms with Gasteiger partial charge in [0.1, 0.15) is 11.9 Å². The van der Waals surface area contributed by atoms with Crippen LogP contribution in [0.1, 0.15) is 25.0 Å². The first-order valence-corrected chi connectivity index (χ1v) is 11.6. The van der Waals surface area contributed by atoms with Crippen LogP contribution >= 0.6 is 46.6 Å². The number of nitrogens with zero attached hydrogens (tertiary/aromatic N) is 1. The van der Waals surface area contributed by atoms with Gasteiger partial charge < -0.3 is 10.2 Å². The summed E-state index contributed by atoms with van der Waals surface area (Å²) in [4.78, 5) is 26.8. The first-order valence-electron chi connectivity index (χ1n) is 9.26. The Labute approximate surface area is 195 Å². The molecule has 2 amide bonds. The van der Waals surface area contributed by atoms with Crippen molar-refractivity contribution >= 4 is 58.4 Å². The van der Waals surface area contributed by atoms with E-state index >= 15 is 0 Å². The summed E-state index contributed by atoms with van der Waals surface area (Å²) in [6.45, 7) is 3.97. The summed E-state index contributed by atoms with van der Waals surface area (Å²) in [7, 11) is 0. The predicted octanol–water partition coefficient (Wildman–Crippen LogP) is 5.57. The number of hydrogen-bond acceptors (Lipinski definition) is 3. The fourth-order valence-electron chi connectivity index (χ4n) is 2.75. The van der Waals surface area contributed by atoms with Crippen molar-refractivity contribution in [3.05, 3.63) is 68.4 Å². The summed E-state index contributed by atoms with van der Waals surface area (Å²) in [6, 6.07) is 8.79. The number of halogens is 4. The lowest BCUT2D eigenvalue weighted by Gasteiger charge is -2.29. The molecule has 0 aromatic heterocycles. The highest BCUT2D eigenvalue weighted by Crippen LogP contribution is 2.28. The molecule has 0 unspecified atom stereocenters. The molecular formula is C21H22Cl3FN2O2S. The van der Waals surface area contributed by atoms with Crippen molar-refractivity contribution < 1.29 is 14.0 Å². The number of nitrogens with one attached hydrogen (secondary N) is 1. The number of likely N-dealkylation sites (N-methyl/N-ethyl adjacent to an activating group) is 1. The van der Waals surface area contributed by atoms with Crippen molar-refractivity contribution in [3.8, 4) is 0 Å². The largest absolute Gasteiger partial charge is 0.355 e. The molecule has 0 aliphatic carbocycles. The van der Waals surface area contributed by atoms with Crippen molar-refractivity contribution in [2.75, 3.05) is 12.3 Å². The Kier molecular flexibility index (Phi) is 9.75. The molecule has 2 rings (SSSR count). The number of hydrogen-bond donors (Lipinski definition) is 1. The van der Waals surface area contributed by atoms with Crippen LogP contribution in [0.3, 0.4) is 0 Å². The van der Waals surface area contributed by atoms with Crippen molar-refractivity contribution in [1.29, 1.82) is 0 Å². The Hall–Kier alpha value is -1.47. The van der Waals surface area contributed by atoms with E-state index in [0.717, 1.165) is 0 Å². The topological polar surface area (TPSA) is 49.4 Å². The summed E-state index contributed by atoms with van der Waals surface area (Å²) in [5.74, 6) is -0.722. The van der Waals surface area contributed by atoms with Gasteiger partial charge in [0, 0.05) is 45.0 Å². The molecule has 0 aliphatic rings. The van der Waals surface area contributed by atoms with E-state index < -0.39 is 11.9 Å². The quantitative estimate of drug-likeness (QED) is 0.499. The molecule has 0 radical (unpaired) electrons. The Bertz CT molecular complexity index is 873. The van der Waals surface area contributed by atoms with Gasteiger partial charge in [0.05, 0.1) is 5.75 Å². The van der Waals surface area contributed by atoms with Gasteiger partial charge in [-0.2, -0.15) is 0 Å². The first-order chi connectivity index (χ1) is 14.3. The van der Waals surface area contributed by atoms with E-state index in [2.05, 4.69) is 5.32 Å². The maximum Gasteiger partial charge on any atom is 0.242 e. The van der Waals surface area contributed by atoms with Gasteiger partial charge in [-0.3, -0.25) is 9.59 Å². The predicted molar refractivity (Wildman–Crippen MR) is 123 cm³/mol. The third kappa shape index (κ3) is 6.51. The van der Waals surface area contributed by atoms with Gasteiger partial charge >= 0.3 is 0 Å². The number of amides is 2. The molecule has 162 valence electrons. The van der Waals surface area contributed by atoms with Gasteiger partial charge in [-0.1, -0.05) is 46.9 Å². The van der Waals surface area contributed by atoms with Crippen LogP contribution in [0.15, 0.2) is 36.4 Å². The minimum atomic E-state index is -0.734. The summed E-state index contributed by atoms with van der Waals surface area (Å²) >= 11 is 19.8. The summed E-state index contributed by atoms with van der Waals surface area (Å²) in [5, 5.41) is 3.85. The standard InChI is InChI=1S/C21H22Cl3FN2O2S/c1-3-26-21(29)13(2)27(10-14-16(22)6-4-7-17(14)23)20(28)12-30-11-15-18(24)8-5-9-19(15)25/h4-9,13H,3,10-12H2,1-2H3,(H,26,29)/t13-/m0/s1. The van der Waals surface area contributed by atoms with Gasteiger partial charge in [-0.25, -0.2) is 4.39 Å². The van der Waals surface area contributed by atoms with Gasteiger partial charge in [-0.15, -0.1) is 11.8 Å². The van der Waals surface area contributed by atoms with E-state index in [1.165, 1.54) is 28.8 Å². The second-order valence-electron chi connectivity index (χ2n) is 6.49. The van der Waals surface area contributed by atoms with Gasteiger partial charge in [0.25, 0.3) is 0 Å². The smallest absolute Gasteiger partial charge is 0.242 e. The SMILES string of the molecule is CCNC(=O)[C@H](C)N(Cc1c(Cl)cccc1Cl)C(=O)CSCc1c(F)cccc1Cl. The van der Waals surface area contributed by atoms with Gasteiger partial charge in [0.15, 0.2) is 0 Å². The Morgan fingerprint density at radius 2 is 1.63 bits per heavy atom. The summed E-state index contributed by atoms with van der Waals surface area (Å²) in [5.41, 5.74) is 0.905. The number of carbonyl (C=O) groups is 2. The number of rotatable bonds is 9. The average molecular weight is 492 g/mol. The van der Waals surface area contributed by atoms with Gasteiger partial charge in [0.2, 0.25) is 11.8 Å². The first kappa shape index (κ1) is 24.8. The zero-order valence-electron chi connectivity index (χ0n) is 16.6. The maximum absolute atomic E-state index is 14.0. The van der Waals surface area contributed by atoms with Crippen LogP contribution in [0.5, 0.6) is 0 Å². The van der Waals surface area contributed by atoms with Crippen LogP contribution in [0.25, 0.3) is 0 Å². The molecule has 0 fully saturated rings. The minimum Gasteiger partial charge on any atom is -0.355 e. The second-order valence-corrected chi connectivity index (χ2v) is 8.69. The molecule has 0 heterocycles. The molecule has 9 heteroatoms. The lowest BCUT2D eigenvalue weighted by Crippen LogP contribution is -2.48. The highest BCUT2D eigenvalue weighted by molar-refractivity contribution is 7.99. The molecule has 0 aliphatic heterocycles. The molecule has 2 aromatic rings. The van der Waals surface area contributed by atoms with E-state index in [4.69, 9.17) is 34.8 Å². The Balaban J connectivity index is 2.16. The minimum absolute atomic E-state index is 0.0382. The summed E-state index contributed by atoms with van der Waals surface area (Å²) < 4.78 is 14.0. The maximum atomic E-state index is 14.0. The number of carbonyl (C=O) groups excluding carboxylic acids is 2. The second kappa shape index (κ2) is 11.8. The molecule has 0 spiro atoms. The fraction of sp³-hybridized carbons (Fsp3) is 0.333. The van der Waals surface area contributed by atoms with Gasteiger partial charge in [-0.05, 0) is 38.1 Å². The van der Waals surface area contributed by atoms with E-state index in [0.29, 0.717) is 32.7 Å². The zero-order valence-corrected chi connectivity index (χ0v) is 19.6. The molecule has 30 heavy (non-hydrogen) atoms. The van der Waals surface area contributed by atoms with E-state index in [1.807, 2.05) is 0 Å². The molecule has 0 saturated carbocycles. The highest BCUT2D eigenvalue weighted by atomic mass is 35.5. The van der Waals surface area contributed by atoms with Crippen LogP contribution in [-0.2, 0) is 21.9 Å². The average Bonchev–Trinajstić information content (AvgIpc) is 2.69. The van der Waals surface area contributed by atoms with Crippen LogP contribution in [0.4, 0.5) is 4.39 Å². The van der Waals surface area contributed by atoms with Crippen LogP contribution in [0, 0.1) is 5.82 Å². The van der Waals surface area contributed by atoms with E-state index in [-0.39, 0.29) is 29.9 Å². The molecule has 1 atom stereocenters. The molecule has 2 aromatic carbocycles.